The lowest BCUT2D eigenvalue weighted by atomic mass is 9.74. The summed E-state index contributed by atoms with van der Waals surface area (Å²) in [6.45, 7) is 6.50. The van der Waals surface area contributed by atoms with Gasteiger partial charge in [-0.15, -0.1) is 0 Å². The number of nitrogens with zero attached hydrogens (tertiary/aromatic N) is 2. The van der Waals surface area contributed by atoms with Gasteiger partial charge in [0.2, 0.25) is 0 Å². The molecule has 0 N–H and O–H groups in total. The van der Waals surface area contributed by atoms with E-state index >= 15 is 0 Å². The fourth-order valence-corrected chi connectivity index (χ4v) is 8.86. The molecule has 0 radical (unpaired) electrons. The average molecular weight is 1190 g/mol. The molecule has 0 bridgehead atoms. The zero-order chi connectivity index (χ0) is 61.5. The van der Waals surface area contributed by atoms with Crippen LogP contribution in [-0.2, 0) is 60.2 Å². The Morgan fingerprint density at radius 3 is 0.451 bits per heavy atom. The topological polar surface area (TPSA) is 6.48 Å². The molecule has 0 aliphatic rings. The number of hydrogen-bond acceptors (Lipinski definition) is 2. The van der Waals surface area contributed by atoms with E-state index in [9.17, 15) is 105 Å². The van der Waals surface area contributed by atoms with Crippen molar-refractivity contribution in [3.8, 4) is 0 Å². The number of hydrogen-bond donors (Lipinski definition) is 0. The maximum absolute atomic E-state index is 14.1. The van der Waals surface area contributed by atoms with Gasteiger partial charge in [0.05, 0.1) is 44.5 Å². The number of halogens is 24. The molecule has 0 unspecified atom stereocenters. The molecular weight excluding hydrogens is 1160 g/mol. The number of alkyl halides is 24. The third-order valence-electron chi connectivity index (χ3n) is 13.3. The average Bonchev–Trinajstić information content (AvgIpc) is 3.39. The van der Waals surface area contributed by atoms with Gasteiger partial charge in [0.25, 0.3) is 0 Å². The van der Waals surface area contributed by atoms with Crippen LogP contribution in [0, 0.1) is 0 Å². The Bertz CT molecular complexity index is 2930. The summed E-state index contributed by atoms with van der Waals surface area (Å²) >= 11 is 0. The standard InChI is InChI=1S/C56H36F24N2/c1-47(2,31-9-13-41(14-10-31)81(43-21-33(49(57,58)59)17-34(22-43)50(60,61)62)44-23-35(51(63,64)65)18-36(24-44)52(66,67)68)29-5-7-30(8-6-29)48(3,4)32-11-15-42(16-12-32)82(45-25-37(53(69,70)71)19-38(26-45)54(72,73)74)46-27-39(55(75,76)77)20-40(28-46)56(78,79)80/h5-28H,1-4H3. The molecule has 26 heteroatoms. The van der Waals surface area contributed by atoms with E-state index in [2.05, 4.69) is 0 Å². The summed E-state index contributed by atoms with van der Waals surface area (Å²) < 4.78 is 338. The third-order valence-corrected chi connectivity index (χ3v) is 13.3. The lowest BCUT2D eigenvalue weighted by Crippen LogP contribution is -2.22. The predicted molar refractivity (Wildman–Crippen MR) is 253 cm³/mol. The van der Waals surface area contributed by atoms with E-state index in [-0.39, 0.29) is 72.8 Å². The summed E-state index contributed by atoms with van der Waals surface area (Å²) in [7, 11) is 0. The maximum Gasteiger partial charge on any atom is 0.416 e. The Hall–Kier alpha value is -7.54. The molecule has 82 heavy (non-hydrogen) atoms. The minimum atomic E-state index is -5.50. The van der Waals surface area contributed by atoms with Crippen LogP contribution in [0.4, 0.5) is 139 Å². The largest absolute Gasteiger partial charge is 0.416 e. The smallest absolute Gasteiger partial charge is 0.310 e. The summed E-state index contributed by atoms with van der Waals surface area (Å²) in [5.41, 5.74) is -21.7. The molecule has 0 spiro atoms. The van der Waals surface area contributed by atoms with Gasteiger partial charge < -0.3 is 9.80 Å². The van der Waals surface area contributed by atoms with Gasteiger partial charge in [0, 0.05) is 45.0 Å². The van der Waals surface area contributed by atoms with Gasteiger partial charge in [-0.05, 0) is 119 Å². The van der Waals surface area contributed by atoms with Gasteiger partial charge in [-0.3, -0.25) is 0 Å². The zero-order valence-corrected chi connectivity index (χ0v) is 41.8. The first-order chi connectivity index (χ1) is 37.2. The lowest BCUT2D eigenvalue weighted by molar-refractivity contribution is -0.144. The summed E-state index contributed by atoms with van der Waals surface area (Å²) in [5, 5.41) is 0. The van der Waals surface area contributed by atoms with Gasteiger partial charge in [-0.1, -0.05) is 76.2 Å². The van der Waals surface area contributed by atoms with Crippen molar-refractivity contribution in [3.63, 3.8) is 0 Å². The molecule has 0 aliphatic carbocycles. The Morgan fingerprint density at radius 1 is 0.183 bits per heavy atom. The Balaban J connectivity index is 1.28. The highest BCUT2D eigenvalue weighted by Crippen LogP contribution is 2.49. The molecule has 7 aromatic rings. The Morgan fingerprint density at radius 2 is 0.317 bits per heavy atom. The Kier molecular flexibility index (Phi) is 15.7. The maximum atomic E-state index is 14.1. The van der Waals surface area contributed by atoms with Crippen molar-refractivity contribution in [1.82, 2.24) is 0 Å². The summed E-state index contributed by atoms with van der Waals surface area (Å²) in [6.07, 6.45) is -44.0. The van der Waals surface area contributed by atoms with Crippen LogP contribution in [-0.4, -0.2) is 0 Å². The van der Waals surface area contributed by atoms with Gasteiger partial charge >= 0.3 is 49.4 Å². The molecule has 438 valence electrons. The summed E-state index contributed by atoms with van der Waals surface area (Å²) in [6, 6.07) is 15.2. The van der Waals surface area contributed by atoms with Crippen molar-refractivity contribution in [2.45, 2.75) is 87.9 Å². The quantitative estimate of drug-likeness (QED) is 0.126. The van der Waals surface area contributed by atoms with Gasteiger partial charge in [0.15, 0.2) is 0 Å². The van der Waals surface area contributed by atoms with Crippen LogP contribution in [0.25, 0.3) is 0 Å². The Labute approximate surface area is 448 Å². The van der Waals surface area contributed by atoms with Crippen LogP contribution >= 0.6 is 0 Å². The van der Waals surface area contributed by atoms with Crippen LogP contribution in [0.2, 0.25) is 0 Å². The highest BCUT2D eigenvalue weighted by molar-refractivity contribution is 5.80. The molecular formula is C56H36F24N2. The first kappa shape index (κ1) is 62.1. The molecule has 0 atom stereocenters. The minimum absolute atomic E-state index is 0.111. The molecule has 0 aliphatic heterocycles. The van der Waals surface area contributed by atoms with E-state index < -0.39 is 139 Å². The molecule has 2 nitrogen and oxygen atoms in total. The van der Waals surface area contributed by atoms with Crippen molar-refractivity contribution < 1.29 is 105 Å². The molecule has 7 rings (SSSR count). The third kappa shape index (κ3) is 13.4. The number of anilines is 6. The second kappa shape index (κ2) is 20.7. The van der Waals surface area contributed by atoms with Crippen LogP contribution in [0.15, 0.2) is 146 Å². The first-order valence-corrected chi connectivity index (χ1v) is 23.3. The molecule has 0 heterocycles. The molecule has 0 saturated carbocycles. The fraction of sp³-hybridized carbons (Fsp3) is 0.250. The minimum Gasteiger partial charge on any atom is -0.310 e. The van der Waals surface area contributed by atoms with Crippen molar-refractivity contribution in [2.75, 3.05) is 9.80 Å². The molecule has 0 amide bonds. The second-order valence-corrected chi connectivity index (χ2v) is 19.6. The van der Waals surface area contributed by atoms with Crippen molar-refractivity contribution in [2.24, 2.45) is 0 Å². The summed E-state index contributed by atoms with van der Waals surface area (Å²) in [4.78, 5) is 0.716. The van der Waals surface area contributed by atoms with Gasteiger partial charge in [0.1, 0.15) is 0 Å². The molecule has 0 saturated heterocycles. The predicted octanol–water partition coefficient (Wildman–Crippen LogP) is 21.4. The fourth-order valence-electron chi connectivity index (χ4n) is 8.86. The van der Waals surface area contributed by atoms with E-state index in [1.165, 1.54) is 24.3 Å². The SMILES string of the molecule is CC(C)(c1ccc(N(c2cc(C(F)(F)F)cc(C(F)(F)F)c2)c2cc(C(F)(F)F)cc(C(F)(F)F)c2)cc1)c1ccc(C(C)(C)c2ccc(N(c3cc(C(F)(F)F)cc(C(F)(F)F)c3)c3cc(C(F)(F)F)cc(C(F)(F)F)c3)cc2)cc1. The van der Waals surface area contributed by atoms with Crippen LogP contribution in [0.3, 0.4) is 0 Å². The van der Waals surface area contributed by atoms with E-state index in [1.807, 2.05) is 0 Å². The highest BCUT2D eigenvalue weighted by Gasteiger charge is 2.43. The van der Waals surface area contributed by atoms with E-state index in [0.717, 1.165) is 24.3 Å². The van der Waals surface area contributed by atoms with Gasteiger partial charge in [-0.25, -0.2) is 0 Å². The normalized spacial score (nSPS) is 13.6. The number of rotatable bonds is 10. The highest BCUT2D eigenvalue weighted by atomic mass is 19.4. The zero-order valence-electron chi connectivity index (χ0n) is 41.8. The monoisotopic (exact) mass is 1190 g/mol. The van der Waals surface area contributed by atoms with Crippen LogP contribution in [0.1, 0.15) is 94.5 Å². The van der Waals surface area contributed by atoms with Crippen LogP contribution < -0.4 is 9.80 Å². The first-order valence-electron chi connectivity index (χ1n) is 23.3. The van der Waals surface area contributed by atoms with Crippen molar-refractivity contribution in [1.29, 1.82) is 0 Å². The molecule has 0 fully saturated rings. The molecule has 7 aromatic carbocycles. The van der Waals surface area contributed by atoms with Crippen molar-refractivity contribution in [3.05, 3.63) is 212 Å². The van der Waals surface area contributed by atoms with Crippen LogP contribution in [0.5, 0.6) is 0 Å². The summed E-state index contributed by atoms with van der Waals surface area (Å²) in [5.74, 6) is 0. The number of benzene rings is 7. The van der Waals surface area contributed by atoms with E-state index in [0.29, 0.717) is 32.1 Å². The van der Waals surface area contributed by atoms with E-state index in [1.54, 1.807) is 52.0 Å². The van der Waals surface area contributed by atoms with Gasteiger partial charge in [-0.2, -0.15) is 105 Å². The van der Waals surface area contributed by atoms with E-state index in [4.69, 9.17) is 0 Å². The molecule has 0 aromatic heterocycles. The lowest BCUT2D eigenvalue weighted by Gasteiger charge is -2.32. The van der Waals surface area contributed by atoms with Crippen molar-refractivity contribution >= 4 is 34.1 Å². The second-order valence-electron chi connectivity index (χ2n) is 19.6.